The number of benzene rings is 1. The second kappa shape index (κ2) is 5.65. The lowest BCUT2D eigenvalue weighted by Crippen LogP contribution is -2.27. The Labute approximate surface area is 126 Å². The number of hydrogen-bond acceptors (Lipinski definition) is 4. The molecule has 0 spiro atoms. The highest BCUT2D eigenvalue weighted by Gasteiger charge is 2.27. The third-order valence-corrected chi connectivity index (χ3v) is 5.21. The summed E-state index contributed by atoms with van der Waals surface area (Å²) in [5, 5.41) is 0.265. The van der Waals surface area contributed by atoms with Gasteiger partial charge in [0.1, 0.15) is 10.7 Å². The van der Waals surface area contributed by atoms with Crippen molar-refractivity contribution in [3.63, 3.8) is 0 Å². The number of furan rings is 1. The first-order chi connectivity index (χ1) is 9.32. The Morgan fingerprint density at radius 1 is 1.35 bits per heavy atom. The van der Waals surface area contributed by atoms with Gasteiger partial charge >= 0.3 is 0 Å². The molecule has 0 atom stereocenters. The summed E-state index contributed by atoms with van der Waals surface area (Å²) in [4.78, 5) is -0.155. The van der Waals surface area contributed by atoms with E-state index >= 15 is 0 Å². The quantitative estimate of drug-likeness (QED) is 0.872. The number of sulfonamides is 1. The summed E-state index contributed by atoms with van der Waals surface area (Å²) < 4.78 is 31.2. The average molecular weight is 335 g/mol. The second-order valence-corrected chi connectivity index (χ2v) is 6.97. The highest BCUT2D eigenvalue weighted by Crippen LogP contribution is 2.33. The maximum absolute atomic E-state index is 12.5. The Kier molecular flexibility index (Phi) is 4.29. The van der Waals surface area contributed by atoms with Gasteiger partial charge in [0.05, 0.1) is 23.5 Å². The third-order valence-electron chi connectivity index (χ3n) is 2.66. The highest BCUT2D eigenvalue weighted by molar-refractivity contribution is 7.89. The van der Waals surface area contributed by atoms with E-state index in [9.17, 15) is 8.42 Å². The van der Waals surface area contributed by atoms with Crippen molar-refractivity contribution >= 4 is 38.9 Å². The smallest absolute Gasteiger partial charge is 0.246 e. The maximum atomic E-state index is 12.5. The van der Waals surface area contributed by atoms with Crippen LogP contribution in [0.25, 0.3) is 0 Å². The van der Waals surface area contributed by atoms with Crippen LogP contribution in [0.5, 0.6) is 0 Å². The summed E-state index contributed by atoms with van der Waals surface area (Å²) in [6.45, 7) is 0.0771. The number of hydrogen-bond donors (Lipinski definition) is 1. The summed E-state index contributed by atoms with van der Waals surface area (Å²) in [5.41, 5.74) is 5.73. The molecule has 1 heterocycles. The number of halogens is 2. The van der Waals surface area contributed by atoms with Crippen LogP contribution < -0.4 is 5.73 Å². The largest absolute Gasteiger partial charge is 0.468 e. The van der Waals surface area contributed by atoms with Crippen LogP contribution in [0.2, 0.25) is 10.0 Å². The lowest BCUT2D eigenvalue weighted by atomic mass is 10.3. The van der Waals surface area contributed by atoms with Gasteiger partial charge in [0.15, 0.2) is 0 Å². The molecule has 0 radical (unpaired) electrons. The Bertz CT molecular complexity index is 691. The van der Waals surface area contributed by atoms with Crippen LogP contribution in [0.1, 0.15) is 5.76 Å². The minimum atomic E-state index is -3.84. The molecule has 1 aromatic heterocycles. The van der Waals surface area contributed by atoms with Gasteiger partial charge in [0, 0.05) is 12.1 Å². The number of anilines is 1. The highest BCUT2D eigenvalue weighted by atomic mass is 35.5. The number of nitrogens with zero attached hydrogens (tertiary/aromatic N) is 1. The lowest BCUT2D eigenvalue weighted by Gasteiger charge is -2.18. The van der Waals surface area contributed by atoms with Crippen molar-refractivity contribution in [1.29, 1.82) is 0 Å². The van der Waals surface area contributed by atoms with Gasteiger partial charge in [-0.1, -0.05) is 23.2 Å². The fraction of sp³-hybridized carbons (Fsp3) is 0.167. The van der Waals surface area contributed by atoms with Crippen LogP contribution in [-0.4, -0.2) is 19.8 Å². The molecule has 1 aromatic carbocycles. The van der Waals surface area contributed by atoms with Crippen molar-refractivity contribution in [3.05, 3.63) is 46.3 Å². The van der Waals surface area contributed by atoms with E-state index in [2.05, 4.69) is 0 Å². The van der Waals surface area contributed by atoms with Gasteiger partial charge in [-0.3, -0.25) is 0 Å². The predicted molar refractivity (Wildman–Crippen MR) is 78.2 cm³/mol. The third kappa shape index (κ3) is 2.93. The minimum Gasteiger partial charge on any atom is -0.468 e. The summed E-state index contributed by atoms with van der Waals surface area (Å²) in [5.74, 6) is 0.514. The van der Waals surface area contributed by atoms with Gasteiger partial charge in [-0.15, -0.1) is 0 Å². The fourth-order valence-electron chi connectivity index (χ4n) is 1.72. The molecule has 2 rings (SSSR count). The average Bonchev–Trinajstić information content (AvgIpc) is 2.79. The Morgan fingerprint density at radius 2 is 2.05 bits per heavy atom. The summed E-state index contributed by atoms with van der Waals surface area (Å²) in [7, 11) is -2.42. The van der Waals surface area contributed by atoms with E-state index < -0.39 is 10.0 Å². The second-order valence-electron chi connectivity index (χ2n) is 4.15. The predicted octanol–water partition coefficient (Wildman–Crippen LogP) is 2.99. The first-order valence-electron chi connectivity index (χ1n) is 5.55. The molecule has 0 amide bonds. The molecule has 0 unspecified atom stereocenters. The van der Waals surface area contributed by atoms with E-state index in [0.717, 1.165) is 4.31 Å². The van der Waals surface area contributed by atoms with Crippen molar-refractivity contribution in [1.82, 2.24) is 4.31 Å². The molecular weight excluding hydrogens is 323 g/mol. The van der Waals surface area contributed by atoms with Crippen molar-refractivity contribution in [2.75, 3.05) is 12.8 Å². The standard InChI is InChI=1S/C12H12Cl2N2O3S/c1-16(7-9-3-2-4-19-9)20(17,18)12-10(14)5-8(13)6-11(12)15/h2-6H,7,15H2,1H3. The van der Waals surface area contributed by atoms with Crippen LogP contribution >= 0.6 is 23.2 Å². The zero-order valence-corrected chi connectivity index (χ0v) is 12.8. The molecule has 0 saturated carbocycles. The Balaban J connectivity index is 2.40. The van der Waals surface area contributed by atoms with Crippen molar-refractivity contribution in [3.8, 4) is 0 Å². The molecule has 5 nitrogen and oxygen atoms in total. The fourth-order valence-corrected chi connectivity index (χ4v) is 3.79. The topological polar surface area (TPSA) is 76.5 Å². The molecule has 0 bridgehead atoms. The van der Waals surface area contributed by atoms with Gasteiger partial charge in [-0.2, -0.15) is 4.31 Å². The van der Waals surface area contributed by atoms with E-state index in [0.29, 0.717) is 5.76 Å². The van der Waals surface area contributed by atoms with Gasteiger partial charge in [0.2, 0.25) is 10.0 Å². The zero-order valence-electron chi connectivity index (χ0n) is 10.5. The molecule has 0 saturated heterocycles. The van der Waals surface area contributed by atoms with E-state index in [1.165, 1.54) is 25.4 Å². The van der Waals surface area contributed by atoms with Crippen LogP contribution in [-0.2, 0) is 16.6 Å². The van der Waals surface area contributed by atoms with Crippen molar-refractivity contribution in [2.45, 2.75) is 11.4 Å². The molecule has 2 N–H and O–H groups in total. The van der Waals surface area contributed by atoms with E-state index in [4.69, 9.17) is 33.4 Å². The lowest BCUT2D eigenvalue weighted by molar-refractivity contribution is 0.406. The Hall–Kier alpha value is -1.21. The normalized spacial score (nSPS) is 12.0. The van der Waals surface area contributed by atoms with Crippen molar-refractivity contribution in [2.24, 2.45) is 0 Å². The van der Waals surface area contributed by atoms with Crippen LogP contribution in [0.4, 0.5) is 5.69 Å². The molecule has 20 heavy (non-hydrogen) atoms. The molecule has 108 valence electrons. The number of nitrogens with two attached hydrogens (primary N) is 1. The van der Waals surface area contributed by atoms with Crippen LogP contribution in [0.15, 0.2) is 39.8 Å². The molecule has 0 aliphatic rings. The van der Waals surface area contributed by atoms with Gasteiger partial charge < -0.3 is 10.2 Å². The molecule has 0 aliphatic heterocycles. The molecule has 2 aromatic rings. The maximum Gasteiger partial charge on any atom is 0.246 e. The molecule has 8 heteroatoms. The van der Waals surface area contributed by atoms with Crippen LogP contribution in [0, 0.1) is 0 Å². The van der Waals surface area contributed by atoms with E-state index in [-0.39, 0.29) is 27.2 Å². The number of rotatable bonds is 4. The zero-order chi connectivity index (χ0) is 14.9. The van der Waals surface area contributed by atoms with Gasteiger partial charge in [-0.05, 0) is 24.3 Å². The van der Waals surface area contributed by atoms with E-state index in [1.54, 1.807) is 12.1 Å². The summed E-state index contributed by atoms with van der Waals surface area (Å²) in [6, 6.07) is 6.05. The monoisotopic (exact) mass is 334 g/mol. The molecule has 0 aliphatic carbocycles. The van der Waals surface area contributed by atoms with Crippen LogP contribution in [0.3, 0.4) is 0 Å². The number of nitrogen functional groups attached to an aromatic ring is 1. The first kappa shape index (κ1) is 15.2. The molecular formula is C12H12Cl2N2O3S. The first-order valence-corrected chi connectivity index (χ1v) is 7.75. The van der Waals surface area contributed by atoms with Gasteiger partial charge in [-0.25, -0.2) is 8.42 Å². The Morgan fingerprint density at radius 3 is 2.60 bits per heavy atom. The van der Waals surface area contributed by atoms with Crippen molar-refractivity contribution < 1.29 is 12.8 Å². The van der Waals surface area contributed by atoms with Gasteiger partial charge in [0.25, 0.3) is 0 Å². The summed E-state index contributed by atoms with van der Waals surface area (Å²) in [6.07, 6.45) is 1.47. The minimum absolute atomic E-state index is 0.00814. The summed E-state index contributed by atoms with van der Waals surface area (Å²) >= 11 is 11.7. The molecule has 0 fully saturated rings. The van der Waals surface area contributed by atoms with E-state index in [1.807, 2.05) is 0 Å². The SMILES string of the molecule is CN(Cc1ccco1)S(=O)(=O)c1c(N)cc(Cl)cc1Cl.